The van der Waals surface area contributed by atoms with Crippen molar-refractivity contribution in [1.29, 1.82) is 0 Å². The van der Waals surface area contributed by atoms with Crippen LogP contribution in [0.15, 0.2) is 35.1 Å². The second-order valence-corrected chi connectivity index (χ2v) is 5.06. The summed E-state index contributed by atoms with van der Waals surface area (Å²) in [6.45, 7) is 2.03. The average Bonchev–Trinajstić information content (AvgIpc) is 2.52. The molecule has 1 N–H and O–H groups in total. The van der Waals surface area contributed by atoms with Gasteiger partial charge in [-0.2, -0.15) is 0 Å². The summed E-state index contributed by atoms with van der Waals surface area (Å²) in [5.74, 6) is -1.20. The molecule has 0 saturated carbocycles. The lowest BCUT2D eigenvalue weighted by Crippen LogP contribution is -2.27. The van der Waals surface area contributed by atoms with Crippen molar-refractivity contribution in [3.05, 3.63) is 35.1 Å². The zero-order chi connectivity index (χ0) is 16.7. The van der Waals surface area contributed by atoms with Crippen LogP contribution >= 0.6 is 0 Å². The van der Waals surface area contributed by atoms with E-state index in [2.05, 4.69) is 0 Å². The Kier molecular flexibility index (Phi) is 6.85. The summed E-state index contributed by atoms with van der Waals surface area (Å²) in [7, 11) is 4.34. The molecule has 0 fully saturated rings. The number of methoxy groups -OCH3 is 2. The number of rotatable bonds is 5. The van der Waals surface area contributed by atoms with Crippen molar-refractivity contribution in [2.75, 3.05) is 27.9 Å². The van der Waals surface area contributed by atoms with Gasteiger partial charge in [0.1, 0.15) is 0 Å². The highest BCUT2D eigenvalue weighted by Crippen LogP contribution is 2.23. The summed E-state index contributed by atoms with van der Waals surface area (Å²) in [5.41, 5.74) is 1.17. The zero-order valence-corrected chi connectivity index (χ0v) is 13.5. The van der Waals surface area contributed by atoms with Crippen molar-refractivity contribution in [2.24, 2.45) is 0 Å². The Labute approximate surface area is 130 Å². The number of allylic oxidation sites excluding steroid dienone is 2. The molecule has 0 bridgehead atoms. The first kappa shape index (κ1) is 18.0. The molecule has 1 unspecified atom stereocenters. The van der Waals surface area contributed by atoms with E-state index in [-0.39, 0.29) is 23.8 Å². The van der Waals surface area contributed by atoms with Gasteiger partial charge < -0.3 is 19.5 Å². The molecule has 0 radical (unpaired) electrons. The van der Waals surface area contributed by atoms with E-state index in [4.69, 9.17) is 14.6 Å². The monoisotopic (exact) mass is 309 g/mol. The normalized spacial score (nSPS) is 18.5. The third-order valence-electron chi connectivity index (χ3n) is 3.48. The topological polar surface area (TPSA) is 76.1 Å². The van der Waals surface area contributed by atoms with Crippen LogP contribution in [0, 0.1) is 0 Å². The van der Waals surface area contributed by atoms with E-state index >= 15 is 0 Å². The number of nitrogens with zero attached hydrogens (tertiary/aromatic N) is 1. The van der Waals surface area contributed by atoms with Crippen LogP contribution in [0.5, 0.6) is 0 Å². The fraction of sp³-hybridized carbons (Fsp3) is 0.500. The summed E-state index contributed by atoms with van der Waals surface area (Å²) in [6, 6.07) is 0.0313. The lowest BCUT2D eigenvalue weighted by molar-refractivity contribution is -0.139. The third-order valence-corrected chi connectivity index (χ3v) is 3.48. The Hall–Kier alpha value is -2.08. The molecule has 1 aliphatic rings. The number of hydrogen-bond donors (Lipinski definition) is 1. The standard InChI is InChI=1S/C16H23NO5/c1-11-8-12(6-5-7-18)9-13(15(19)21-3)14(10-17(11)2)16(20)22-4/h8-11,18H,5-7H2,1-4H3. The predicted molar refractivity (Wildman–Crippen MR) is 81.8 cm³/mol. The molecule has 6 nitrogen and oxygen atoms in total. The van der Waals surface area contributed by atoms with Gasteiger partial charge in [-0.1, -0.05) is 6.08 Å². The Balaban J connectivity index is 3.38. The second-order valence-electron chi connectivity index (χ2n) is 5.06. The second kappa shape index (κ2) is 8.38. The van der Waals surface area contributed by atoms with Gasteiger partial charge >= 0.3 is 11.9 Å². The Morgan fingerprint density at radius 3 is 2.36 bits per heavy atom. The minimum absolute atomic E-state index is 0.0313. The van der Waals surface area contributed by atoms with Crippen molar-refractivity contribution in [2.45, 2.75) is 25.8 Å². The fourth-order valence-corrected chi connectivity index (χ4v) is 2.12. The molecule has 1 rings (SSSR count). The van der Waals surface area contributed by atoms with Crippen molar-refractivity contribution in [3.63, 3.8) is 0 Å². The highest BCUT2D eigenvalue weighted by Gasteiger charge is 2.25. The Morgan fingerprint density at radius 1 is 1.23 bits per heavy atom. The average molecular weight is 309 g/mol. The van der Waals surface area contributed by atoms with Crippen molar-refractivity contribution >= 4 is 11.9 Å². The van der Waals surface area contributed by atoms with E-state index < -0.39 is 11.9 Å². The maximum absolute atomic E-state index is 12.0. The lowest BCUT2D eigenvalue weighted by atomic mass is 9.97. The molecule has 0 amide bonds. The maximum Gasteiger partial charge on any atom is 0.340 e. The molecule has 6 heteroatoms. The van der Waals surface area contributed by atoms with Gasteiger partial charge in [0.05, 0.1) is 25.4 Å². The number of carbonyl (C=O) groups excluding carboxylic acids is 2. The number of hydrogen-bond acceptors (Lipinski definition) is 6. The molecule has 22 heavy (non-hydrogen) atoms. The highest BCUT2D eigenvalue weighted by atomic mass is 16.5. The first-order chi connectivity index (χ1) is 10.4. The Bertz CT molecular complexity index is 519. The molecular formula is C16H23NO5. The highest BCUT2D eigenvalue weighted by molar-refractivity contribution is 6.07. The number of aliphatic hydroxyl groups excluding tert-OH is 1. The molecule has 1 heterocycles. The van der Waals surface area contributed by atoms with Crippen LogP contribution < -0.4 is 0 Å². The molecule has 0 aromatic rings. The summed E-state index contributed by atoms with van der Waals surface area (Å²) < 4.78 is 9.54. The van der Waals surface area contributed by atoms with E-state index in [1.54, 1.807) is 12.3 Å². The Morgan fingerprint density at radius 2 is 1.82 bits per heavy atom. The summed E-state index contributed by atoms with van der Waals surface area (Å²) in [4.78, 5) is 25.9. The number of aliphatic hydroxyl groups is 1. The first-order valence-corrected chi connectivity index (χ1v) is 7.08. The maximum atomic E-state index is 12.0. The van der Waals surface area contributed by atoms with Crippen molar-refractivity contribution in [1.82, 2.24) is 4.90 Å². The van der Waals surface area contributed by atoms with E-state index in [0.717, 1.165) is 5.57 Å². The van der Waals surface area contributed by atoms with E-state index in [9.17, 15) is 9.59 Å². The van der Waals surface area contributed by atoms with Gasteiger partial charge in [0.2, 0.25) is 0 Å². The predicted octanol–water partition coefficient (Wildman–Crippen LogP) is 1.18. The summed E-state index contributed by atoms with van der Waals surface area (Å²) in [5, 5.41) is 9.00. The van der Waals surface area contributed by atoms with Gasteiger partial charge in [-0.05, 0) is 31.4 Å². The van der Waals surface area contributed by atoms with Crippen LogP contribution in [0.25, 0.3) is 0 Å². The van der Waals surface area contributed by atoms with Crippen LogP contribution in [-0.2, 0) is 19.1 Å². The summed E-state index contributed by atoms with van der Waals surface area (Å²) in [6.07, 6.45) is 6.38. The quantitative estimate of drug-likeness (QED) is 0.769. The fourth-order valence-electron chi connectivity index (χ4n) is 2.12. The van der Waals surface area contributed by atoms with Gasteiger partial charge in [0, 0.05) is 25.9 Å². The van der Waals surface area contributed by atoms with Gasteiger partial charge in [0.15, 0.2) is 0 Å². The third kappa shape index (κ3) is 4.46. The number of esters is 2. The van der Waals surface area contributed by atoms with Crippen molar-refractivity contribution in [3.8, 4) is 0 Å². The van der Waals surface area contributed by atoms with Crippen LogP contribution in [0.1, 0.15) is 19.8 Å². The molecule has 0 spiro atoms. The molecule has 0 aromatic heterocycles. The molecule has 0 saturated heterocycles. The molecule has 1 aliphatic heterocycles. The molecule has 0 aliphatic carbocycles. The number of carbonyl (C=O) groups is 2. The zero-order valence-electron chi connectivity index (χ0n) is 13.5. The largest absolute Gasteiger partial charge is 0.465 e. The summed E-state index contributed by atoms with van der Waals surface area (Å²) >= 11 is 0. The van der Waals surface area contributed by atoms with Crippen LogP contribution in [0.2, 0.25) is 0 Å². The molecular weight excluding hydrogens is 286 g/mol. The van der Waals surface area contributed by atoms with Crippen LogP contribution in [0.3, 0.4) is 0 Å². The molecule has 1 atom stereocenters. The van der Waals surface area contributed by atoms with Gasteiger partial charge in [-0.3, -0.25) is 0 Å². The molecule has 122 valence electrons. The molecule has 0 aromatic carbocycles. The smallest absolute Gasteiger partial charge is 0.340 e. The minimum Gasteiger partial charge on any atom is -0.465 e. The van der Waals surface area contributed by atoms with Gasteiger partial charge in [0.25, 0.3) is 0 Å². The van der Waals surface area contributed by atoms with E-state index in [1.165, 1.54) is 14.2 Å². The minimum atomic E-state index is -0.602. The lowest BCUT2D eigenvalue weighted by Gasteiger charge is -2.25. The van der Waals surface area contributed by atoms with Crippen LogP contribution in [0.4, 0.5) is 0 Å². The van der Waals surface area contributed by atoms with E-state index in [1.807, 2.05) is 24.9 Å². The van der Waals surface area contributed by atoms with Gasteiger partial charge in [-0.15, -0.1) is 0 Å². The van der Waals surface area contributed by atoms with E-state index in [0.29, 0.717) is 12.8 Å². The van der Waals surface area contributed by atoms with Crippen LogP contribution in [-0.4, -0.2) is 55.9 Å². The SMILES string of the molecule is COC(=O)C1=CC(CCCO)=CC(C)N(C)C=C1C(=O)OC. The first-order valence-electron chi connectivity index (χ1n) is 7.08. The number of ether oxygens (including phenoxy) is 2. The number of likely N-dealkylation sites (N-methyl/N-ethyl adjacent to an activating group) is 1. The van der Waals surface area contributed by atoms with Gasteiger partial charge in [-0.25, -0.2) is 9.59 Å². The van der Waals surface area contributed by atoms with Crippen molar-refractivity contribution < 1.29 is 24.2 Å².